The minimum absolute atomic E-state index is 0.669. The van der Waals surface area contributed by atoms with Gasteiger partial charge in [0.1, 0.15) is 0 Å². The van der Waals surface area contributed by atoms with Gasteiger partial charge in [0.15, 0.2) is 0 Å². The highest BCUT2D eigenvalue weighted by Gasteiger charge is 2.12. The quantitative estimate of drug-likeness (QED) is 0.702. The van der Waals surface area contributed by atoms with E-state index in [0.717, 1.165) is 0 Å². The molecule has 0 atom stereocenters. The van der Waals surface area contributed by atoms with Crippen molar-refractivity contribution < 1.29 is 0 Å². The molecule has 0 amide bonds. The van der Waals surface area contributed by atoms with Crippen LogP contribution in [0.25, 0.3) is 0 Å². The third-order valence-electron chi connectivity index (χ3n) is 2.52. The van der Waals surface area contributed by atoms with Gasteiger partial charge in [0, 0.05) is 11.1 Å². The molecule has 0 saturated carbocycles. The SMILES string of the molecule is C=CNSC1=C(C)CCC(C(C)C)=C1. The molecule has 0 heterocycles. The summed E-state index contributed by atoms with van der Waals surface area (Å²) in [7, 11) is 0. The smallest absolute Gasteiger partial charge is 0.0273 e. The number of allylic oxidation sites excluding steroid dienone is 3. The van der Waals surface area contributed by atoms with Gasteiger partial charge in [-0.25, -0.2) is 0 Å². The van der Waals surface area contributed by atoms with E-state index in [1.165, 1.54) is 23.3 Å². The van der Waals surface area contributed by atoms with Crippen LogP contribution >= 0.6 is 11.9 Å². The second-order valence-corrected chi connectivity index (χ2v) is 4.82. The minimum Gasteiger partial charge on any atom is -0.333 e. The molecule has 0 aliphatic heterocycles. The van der Waals surface area contributed by atoms with Crippen molar-refractivity contribution in [2.45, 2.75) is 33.6 Å². The van der Waals surface area contributed by atoms with Gasteiger partial charge >= 0.3 is 0 Å². The van der Waals surface area contributed by atoms with Crippen molar-refractivity contribution in [1.82, 2.24) is 4.72 Å². The lowest BCUT2D eigenvalue weighted by Crippen LogP contribution is -2.03. The van der Waals surface area contributed by atoms with Gasteiger partial charge < -0.3 is 4.72 Å². The van der Waals surface area contributed by atoms with Gasteiger partial charge in [0.05, 0.1) is 0 Å². The topological polar surface area (TPSA) is 12.0 Å². The van der Waals surface area contributed by atoms with Crippen LogP contribution in [0, 0.1) is 5.92 Å². The molecule has 1 aliphatic rings. The first kappa shape index (κ1) is 11.4. The summed E-state index contributed by atoms with van der Waals surface area (Å²) in [6.45, 7) is 10.4. The first-order valence-corrected chi connectivity index (χ1v) is 5.90. The molecule has 0 aromatic heterocycles. The van der Waals surface area contributed by atoms with E-state index in [9.17, 15) is 0 Å². The molecule has 0 bridgehead atoms. The van der Waals surface area contributed by atoms with Crippen LogP contribution < -0.4 is 4.72 Å². The van der Waals surface area contributed by atoms with E-state index < -0.39 is 0 Å². The minimum atomic E-state index is 0.669. The molecular formula is C12H19NS. The highest BCUT2D eigenvalue weighted by molar-refractivity contribution is 8.01. The maximum atomic E-state index is 3.65. The fourth-order valence-electron chi connectivity index (χ4n) is 1.50. The fraction of sp³-hybridized carbons (Fsp3) is 0.500. The van der Waals surface area contributed by atoms with Gasteiger partial charge in [-0.05, 0) is 43.7 Å². The predicted octanol–water partition coefficient (Wildman–Crippen LogP) is 4.02. The van der Waals surface area contributed by atoms with Gasteiger partial charge in [-0.15, -0.1) is 0 Å². The van der Waals surface area contributed by atoms with Crippen molar-refractivity contribution in [2.75, 3.05) is 0 Å². The average molecular weight is 209 g/mol. The Hall–Kier alpha value is -0.630. The second kappa shape index (κ2) is 5.30. The van der Waals surface area contributed by atoms with Crippen LogP contribution in [0.5, 0.6) is 0 Å². The number of nitrogens with one attached hydrogen (secondary N) is 1. The first-order valence-electron chi connectivity index (χ1n) is 5.08. The summed E-state index contributed by atoms with van der Waals surface area (Å²) in [5.74, 6) is 0.669. The molecule has 14 heavy (non-hydrogen) atoms. The third-order valence-corrected chi connectivity index (χ3v) is 3.49. The molecule has 0 radical (unpaired) electrons. The van der Waals surface area contributed by atoms with Gasteiger partial charge in [0.2, 0.25) is 0 Å². The zero-order valence-corrected chi connectivity index (χ0v) is 10.1. The summed E-state index contributed by atoms with van der Waals surface area (Å²) >= 11 is 1.66. The van der Waals surface area contributed by atoms with Gasteiger partial charge in [-0.3, -0.25) is 0 Å². The molecular weight excluding hydrogens is 190 g/mol. The van der Waals surface area contributed by atoms with Crippen molar-refractivity contribution in [3.05, 3.63) is 34.9 Å². The highest BCUT2D eigenvalue weighted by Crippen LogP contribution is 2.32. The van der Waals surface area contributed by atoms with Crippen molar-refractivity contribution in [1.29, 1.82) is 0 Å². The van der Waals surface area contributed by atoms with Crippen LogP contribution in [-0.4, -0.2) is 0 Å². The van der Waals surface area contributed by atoms with Crippen molar-refractivity contribution in [3.8, 4) is 0 Å². The second-order valence-electron chi connectivity index (χ2n) is 3.94. The maximum Gasteiger partial charge on any atom is 0.0273 e. The summed E-state index contributed by atoms with van der Waals surface area (Å²) in [5.41, 5.74) is 3.04. The Morgan fingerprint density at radius 1 is 1.50 bits per heavy atom. The monoisotopic (exact) mass is 209 g/mol. The molecule has 1 aliphatic carbocycles. The van der Waals surface area contributed by atoms with Gasteiger partial charge in [0.25, 0.3) is 0 Å². The largest absolute Gasteiger partial charge is 0.333 e. The molecule has 0 unspecified atom stereocenters. The first-order chi connectivity index (χ1) is 6.65. The lowest BCUT2D eigenvalue weighted by Gasteiger charge is -2.19. The Kier molecular flexibility index (Phi) is 4.33. The molecule has 1 rings (SSSR count). The molecule has 0 spiro atoms. The molecule has 0 fully saturated rings. The van der Waals surface area contributed by atoms with Crippen LogP contribution in [0.2, 0.25) is 0 Å². The van der Waals surface area contributed by atoms with Crippen LogP contribution in [0.3, 0.4) is 0 Å². The summed E-state index contributed by atoms with van der Waals surface area (Å²) in [6, 6.07) is 0. The summed E-state index contributed by atoms with van der Waals surface area (Å²) in [5, 5.41) is 0. The lowest BCUT2D eigenvalue weighted by atomic mass is 9.92. The number of hydrogen-bond donors (Lipinski definition) is 1. The van der Waals surface area contributed by atoms with Gasteiger partial charge in [-0.1, -0.05) is 31.6 Å². The zero-order valence-electron chi connectivity index (χ0n) is 9.26. The van der Waals surface area contributed by atoms with E-state index >= 15 is 0 Å². The van der Waals surface area contributed by atoms with Crippen molar-refractivity contribution >= 4 is 11.9 Å². The molecule has 0 aromatic rings. The van der Waals surface area contributed by atoms with Crippen molar-refractivity contribution in [3.63, 3.8) is 0 Å². The van der Waals surface area contributed by atoms with Crippen LogP contribution in [0.1, 0.15) is 33.6 Å². The standard InChI is InChI=1S/C12H19NS/c1-5-13-14-12-8-11(9(2)3)7-6-10(12)4/h5,8-9,13H,1,6-7H2,2-4H3. The van der Waals surface area contributed by atoms with E-state index in [-0.39, 0.29) is 0 Å². The Morgan fingerprint density at radius 3 is 2.79 bits per heavy atom. The fourth-order valence-corrected chi connectivity index (χ4v) is 2.19. The molecule has 2 heteroatoms. The Labute approximate surface area is 91.5 Å². The van der Waals surface area contributed by atoms with E-state index in [0.29, 0.717) is 5.92 Å². The van der Waals surface area contributed by atoms with E-state index in [1.807, 2.05) is 0 Å². The summed E-state index contributed by atoms with van der Waals surface area (Å²) < 4.78 is 3.09. The Balaban J connectivity index is 2.74. The van der Waals surface area contributed by atoms with E-state index in [2.05, 4.69) is 38.1 Å². The third kappa shape index (κ3) is 2.95. The van der Waals surface area contributed by atoms with E-state index in [4.69, 9.17) is 0 Å². The van der Waals surface area contributed by atoms with Gasteiger partial charge in [-0.2, -0.15) is 0 Å². The van der Waals surface area contributed by atoms with Crippen LogP contribution in [-0.2, 0) is 0 Å². The lowest BCUT2D eigenvalue weighted by molar-refractivity contribution is 0.699. The molecule has 0 aromatic carbocycles. The Bertz CT molecular complexity index is 274. The molecule has 0 saturated heterocycles. The normalized spacial score (nSPS) is 17.0. The average Bonchev–Trinajstić information content (AvgIpc) is 2.16. The molecule has 1 N–H and O–H groups in total. The predicted molar refractivity (Wildman–Crippen MR) is 65.8 cm³/mol. The van der Waals surface area contributed by atoms with Crippen LogP contribution in [0.15, 0.2) is 34.9 Å². The van der Waals surface area contributed by atoms with E-state index in [1.54, 1.807) is 23.7 Å². The van der Waals surface area contributed by atoms with Crippen molar-refractivity contribution in [2.24, 2.45) is 5.92 Å². The molecule has 1 nitrogen and oxygen atoms in total. The summed E-state index contributed by atoms with van der Waals surface area (Å²) in [6.07, 6.45) is 6.47. The summed E-state index contributed by atoms with van der Waals surface area (Å²) in [4.78, 5) is 1.36. The number of rotatable bonds is 4. The zero-order chi connectivity index (χ0) is 10.6. The maximum absolute atomic E-state index is 3.65. The Morgan fingerprint density at radius 2 is 2.21 bits per heavy atom. The molecule has 78 valence electrons. The number of hydrogen-bond acceptors (Lipinski definition) is 2. The highest BCUT2D eigenvalue weighted by atomic mass is 32.2. The van der Waals surface area contributed by atoms with Crippen LogP contribution in [0.4, 0.5) is 0 Å².